The molecule has 0 spiro atoms. The van der Waals surface area contributed by atoms with Crippen LogP contribution >= 0.6 is 0 Å². The van der Waals surface area contributed by atoms with Gasteiger partial charge in [0, 0.05) is 12.1 Å². The van der Waals surface area contributed by atoms with E-state index in [0.717, 1.165) is 11.1 Å². The first-order valence-electron chi connectivity index (χ1n) is 12.3. The summed E-state index contributed by atoms with van der Waals surface area (Å²) in [5.74, 6) is -1.29. The third-order valence-electron chi connectivity index (χ3n) is 5.22. The summed E-state index contributed by atoms with van der Waals surface area (Å²) in [6, 6.07) is 3.71. The summed E-state index contributed by atoms with van der Waals surface area (Å²) in [6.45, 7) is 18.1. The molecule has 3 amide bonds. The Morgan fingerprint density at radius 2 is 1.64 bits per heavy atom. The molecule has 0 aliphatic rings. The molecular weight excluding hydrogens is 462 g/mol. The van der Waals surface area contributed by atoms with E-state index in [4.69, 9.17) is 9.47 Å². The summed E-state index contributed by atoms with van der Waals surface area (Å²) in [5.41, 5.74) is 1.00. The van der Waals surface area contributed by atoms with Crippen molar-refractivity contribution in [1.82, 2.24) is 15.5 Å². The second-order valence-corrected chi connectivity index (χ2v) is 10.9. The highest BCUT2D eigenvalue weighted by Gasteiger charge is 2.41. The number of aryl methyl sites for hydroxylation is 2. The van der Waals surface area contributed by atoms with E-state index >= 15 is 0 Å². The summed E-state index contributed by atoms with van der Waals surface area (Å²) >= 11 is 0. The van der Waals surface area contributed by atoms with E-state index < -0.39 is 47.1 Å². The van der Waals surface area contributed by atoms with E-state index in [1.165, 1.54) is 4.90 Å². The highest BCUT2D eigenvalue weighted by atomic mass is 16.6. The molecule has 0 aliphatic heterocycles. The van der Waals surface area contributed by atoms with Crippen LogP contribution in [0.25, 0.3) is 0 Å². The van der Waals surface area contributed by atoms with Gasteiger partial charge < -0.3 is 25.0 Å². The second kappa shape index (κ2) is 12.7. The number of benzene rings is 1. The number of carbonyl (C=O) groups is 4. The van der Waals surface area contributed by atoms with E-state index in [9.17, 15) is 19.2 Å². The minimum Gasteiger partial charge on any atom is -0.466 e. The zero-order chi connectivity index (χ0) is 27.8. The van der Waals surface area contributed by atoms with Crippen LogP contribution in [0.2, 0.25) is 0 Å². The fraction of sp³-hybridized carbons (Fsp3) is 0.630. The number of carbonyl (C=O) groups excluding carboxylic acids is 4. The van der Waals surface area contributed by atoms with E-state index in [0.29, 0.717) is 5.56 Å². The quantitative estimate of drug-likeness (QED) is 0.491. The molecule has 2 atom stereocenters. The molecule has 36 heavy (non-hydrogen) atoms. The molecule has 0 saturated carbocycles. The number of alkyl carbamates (subject to hydrolysis) is 1. The third kappa shape index (κ3) is 9.51. The Hall–Kier alpha value is -3.10. The van der Waals surface area contributed by atoms with Gasteiger partial charge in [-0.05, 0) is 80.4 Å². The van der Waals surface area contributed by atoms with Gasteiger partial charge in [-0.3, -0.25) is 14.4 Å². The van der Waals surface area contributed by atoms with Crippen molar-refractivity contribution in [3.63, 3.8) is 0 Å². The smallest absolute Gasteiger partial charge is 0.408 e. The predicted octanol–water partition coefficient (Wildman–Crippen LogP) is 3.95. The lowest BCUT2D eigenvalue weighted by molar-refractivity contribution is -0.148. The van der Waals surface area contributed by atoms with Crippen LogP contribution in [0, 0.1) is 13.8 Å². The van der Waals surface area contributed by atoms with Gasteiger partial charge in [-0.1, -0.05) is 23.8 Å². The Balaban J connectivity index is 3.37. The maximum Gasteiger partial charge on any atom is 0.408 e. The van der Waals surface area contributed by atoms with Crippen molar-refractivity contribution in [2.75, 3.05) is 13.2 Å². The minimum atomic E-state index is -0.997. The Bertz CT molecular complexity index is 946. The first kappa shape index (κ1) is 30.9. The topological polar surface area (TPSA) is 114 Å². The van der Waals surface area contributed by atoms with Gasteiger partial charge in [0.1, 0.15) is 17.7 Å². The number of esters is 1. The largest absolute Gasteiger partial charge is 0.466 e. The van der Waals surface area contributed by atoms with Crippen molar-refractivity contribution in [2.45, 2.75) is 98.9 Å². The van der Waals surface area contributed by atoms with Gasteiger partial charge in [0.2, 0.25) is 11.8 Å². The second-order valence-electron chi connectivity index (χ2n) is 10.9. The third-order valence-corrected chi connectivity index (χ3v) is 5.22. The predicted molar refractivity (Wildman–Crippen MR) is 138 cm³/mol. The van der Waals surface area contributed by atoms with Gasteiger partial charge in [0.05, 0.1) is 13.0 Å². The monoisotopic (exact) mass is 505 g/mol. The molecule has 1 aromatic carbocycles. The number of rotatable bonds is 9. The lowest BCUT2D eigenvalue weighted by atomic mass is 9.92. The van der Waals surface area contributed by atoms with E-state index in [1.807, 2.05) is 52.8 Å². The van der Waals surface area contributed by atoms with Crippen LogP contribution in [0.3, 0.4) is 0 Å². The molecule has 0 radical (unpaired) electrons. The van der Waals surface area contributed by atoms with Gasteiger partial charge in [0.25, 0.3) is 0 Å². The standard InChI is InChI=1S/C27H43N3O6/c1-11-35-21(31)14-15-28-23(32)22(20-13-12-17(2)16-18(20)3)30(26(5,6)7)24(33)19(4)29-25(34)36-27(8,9)10/h12-13,16,19,22H,11,14-15H2,1-10H3,(H,28,32)(H,29,34). The summed E-state index contributed by atoms with van der Waals surface area (Å²) in [7, 11) is 0. The molecule has 2 N–H and O–H groups in total. The van der Waals surface area contributed by atoms with Crippen molar-refractivity contribution in [2.24, 2.45) is 0 Å². The Morgan fingerprint density at radius 1 is 1.03 bits per heavy atom. The molecule has 0 aliphatic carbocycles. The van der Waals surface area contributed by atoms with Crippen molar-refractivity contribution < 1.29 is 28.7 Å². The summed E-state index contributed by atoms with van der Waals surface area (Å²) in [4.78, 5) is 52.9. The number of hydrogen-bond donors (Lipinski definition) is 2. The summed E-state index contributed by atoms with van der Waals surface area (Å²) in [6.07, 6.45) is -0.710. The number of nitrogens with zero attached hydrogens (tertiary/aromatic N) is 1. The molecule has 2 unspecified atom stereocenters. The van der Waals surface area contributed by atoms with Crippen LogP contribution in [0.15, 0.2) is 18.2 Å². The lowest BCUT2D eigenvalue weighted by Gasteiger charge is -2.43. The minimum absolute atomic E-state index is 0.0131. The Kier molecular flexibility index (Phi) is 10.9. The number of hydrogen-bond acceptors (Lipinski definition) is 6. The Morgan fingerprint density at radius 3 is 2.14 bits per heavy atom. The molecular formula is C27H43N3O6. The van der Waals surface area contributed by atoms with Gasteiger partial charge in [0.15, 0.2) is 0 Å². The molecule has 0 heterocycles. The summed E-state index contributed by atoms with van der Waals surface area (Å²) in [5, 5.41) is 5.37. The molecule has 0 bridgehead atoms. The molecule has 1 rings (SSSR count). The van der Waals surface area contributed by atoms with Gasteiger partial charge in [-0.2, -0.15) is 0 Å². The lowest BCUT2D eigenvalue weighted by Crippen LogP contribution is -2.58. The Labute approximate surface area is 215 Å². The number of ether oxygens (including phenoxy) is 2. The molecule has 9 nitrogen and oxygen atoms in total. The van der Waals surface area contributed by atoms with Crippen LogP contribution < -0.4 is 10.6 Å². The maximum atomic E-state index is 13.8. The fourth-order valence-electron chi connectivity index (χ4n) is 3.75. The van der Waals surface area contributed by atoms with Gasteiger partial charge in [-0.15, -0.1) is 0 Å². The number of nitrogens with one attached hydrogen (secondary N) is 2. The van der Waals surface area contributed by atoms with E-state index in [1.54, 1.807) is 34.6 Å². The molecule has 202 valence electrons. The van der Waals surface area contributed by atoms with Gasteiger partial charge >= 0.3 is 12.1 Å². The average molecular weight is 506 g/mol. The highest BCUT2D eigenvalue weighted by molar-refractivity contribution is 5.92. The van der Waals surface area contributed by atoms with Crippen molar-refractivity contribution in [3.8, 4) is 0 Å². The highest BCUT2D eigenvalue weighted by Crippen LogP contribution is 2.32. The van der Waals surface area contributed by atoms with Crippen LogP contribution in [-0.4, -0.2) is 59.1 Å². The van der Waals surface area contributed by atoms with E-state index in [-0.39, 0.29) is 19.6 Å². The fourth-order valence-corrected chi connectivity index (χ4v) is 3.75. The summed E-state index contributed by atoms with van der Waals surface area (Å²) < 4.78 is 10.2. The van der Waals surface area contributed by atoms with Crippen molar-refractivity contribution in [1.29, 1.82) is 0 Å². The molecule has 0 saturated heterocycles. The zero-order valence-electron chi connectivity index (χ0n) is 23.4. The molecule has 0 aromatic heterocycles. The first-order valence-corrected chi connectivity index (χ1v) is 12.3. The normalized spacial score (nSPS) is 13.3. The average Bonchev–Trinajstić information content (AvgIpc) is 2.69. The van der Waals surface area contributed by atoms with Crippen molar-refractivity contribution >= 4 is 23.9 Å². The zero-order valence-corrected chi connectivity index (χ0v) is 23.4. The van der Waals surface area contributed by atoms with Crippen LogP contribution in [0.4, 0.5) is 4.79 Å². The van der Waals surface area contributed by atoms with Crippen molar-refractivity contribution in [3.05, 3.63) is 34.9 Å². The maximum absolute atomic E-state index is 13.8. The van der Waals surface area contributed by atoms with E-state index in [2.05, 4.69) is 10.6 Å². The number of amides is 3. The van der Waals surface area contributed by atoms with Crippen LogP contribution in [0.1, 0.15) is 84.5 Å². The molecule has 9 heteroatoms. The van der Waals surface area contributed by atoms with Gasteiger partial charge in [-0.25, -0.2) is 4.79 Å². The SMILES string of the molecule is CCOC(=O)CCNC(=O)C(c1ccc(C)cc1C)N(C(=O)C(C)NC(=O)OC(C)(C)C)C(C)(C)C. The van der Waals surface area contributed by atoms with Crippen LogP contribution in [-0.2, 0) is 23.9 Å². The molecule has 1 aromatic rings. The molecule has 0 fully saturated rings. The first-order chi connectivity index (χ1) is 16.5. The van der Waals surface area contributed by atoms with Crippen LogP contribution in [0.5, 0.6) is 0 Å².